The SMILES string of the molecule is CN(C(=O)CN1CCC(c2cccc(Nc3ccccn3)n2)CC1)c1ccccc1. The van der Waals surface area contributed by atoms with Crippen LogP contribution in [0.2, 0.25) is 0 Å². The van der Waals surface area contributed by atoms with E-state index in [1.165, 1.54) is 0 Å². The van der Waals surface area contributed by atoms with E-state index in [1.807, 2.05) is 67.7 Å². The van der Waals surface area contributed by atoms with Gasteiger partial charge in [0.1, 0.15) is 11.6 Å². The van der Waals surface area contributed by atoms with Crippen LogP contribution in [0.15, 0.2) is 72.9 Å². The number of likely N-dealkylation sites (tertiary alicyclic amines) is 1. The first-order valence-electron chi connectivity index (χ1n) is 10.4. The van der Waals surface area contributed by atoms with Gasteiger partial charge >= 0.3 is 0 Å². The molecule has 1 aliphatic rings. The minimum atomic E-state index is 0.124. The number of aromatic nitrogens is 2. The number of para-hydroxylation sites is 1. The minimum Gasteiger partial charge on any atom is -0.325 e. The molecular formula is C24H27N5O. The summed E-state index contributed by atoms with van der Waals surface area (Å²) in [5.41, 5.74) is 2.03. The van der Waals surface area contributed by atoms with Crippen molar-refractivity contribution in [1.82, 2.24) is 14.9 Å². The zero-order valence-electron chi connectivity index (χ0n) is 17.2. The number of amides is 1. The molecule has 0 unspecified atom stereocenters. The Kier molecular flexibility index (Phi) is 6.35. The van der Waals surface area contributed by atoms with E-state index in [2.05, 4.69) is 21.3 Å². The van der Waals surface area contributed by atoms with Gasteiger partial charge in [-0.05, 0) is 62.3 Å². The van der Waals surface area contributed by atoms with Crippen LogP contribution in [0.4, 0.5) is 17.3 Å². The Morgan fingerprint density at radius 1 is 1.00 bits per heavy atom. The summed E-state index contributed by atoms with van der Waals surface area (Å²) in [4.78, 5) is 25.7. The Labute approximate surface area is 177 Å². The maximum Gasteiger partial charge on any atom is 0.240 e. The van der Waals surface area contributed by atoms with Crippen LogP contribution in [0.25, 0.3) is 0 Å². The van der Waals surface area contributed by atoms with Crippen LogP contribution in [-0.2, 0) is 4.79 Å². The molecule has 30 heavy (non-hydrogen) atoms. The Morgan fingerprint density at radius 2 is 1.73 bits per heavy atom. The molecule has 0 aliphatic carbocycles. The number of likely N-dealkylation sites (N-methyl/N-ethyl adjacent to an activating group) is 1. The number of nitrogens with zero attached hydrogens (tertiary/aromatic N) is 4. The van der Waals surface area contributed by atoms with Gasteiger partial charge in [-0.3, -0.25) is 9.69 Å². The lowest BCUT2D eigenvalue weighted by atomic mass is 9.93. The van der Waals surface area contributed by atoms with Crippen LogP contribution in [0.5, 0.6) is 0 Å². The maximum atomic E-state index is 12.6. The highest BCUT2D eigenvalue weighted by Gasteiger charge is 2.24. The maximum absolute atomic E-state index is 12.6. The summed E-state index contributed by atoms with van der Waals surface area (Å²) in [6, 6.07) is 21.7. The Morgan fingerprint density at radius 3 is 2.47 bits per heavy atom. The summed E-state index contributed by atoms with van der Waals surface area (Å²) in [5, 5.41) is 3.26. The third-order valence-electron chi connectivity index (χ3n) is 5.57. The molecular weight excluding hydrogens is 374 g/mol. The second-order valence-corrected chi connectivity index (χ2v) is 7.63. The highest BCUT2D eigenvalue weighted by molar-refractivity contribution is 5.94. The normalized spacial score (nSPS) is 15.0. The minimum absolute atomic E-state index is 0.124. The summed E-state index contributed by atoms with van der Waals surface area (Å²) in [5.74, 6) is 2.14. The molecule has 1 saturated heterocycles. The largest absolute Gasteiger partial charge is 0.325 e. The predicted molar refractivity (Wildman–Crippen MR) is 120 cm³/mol. The molecule has 0 bridgehead atoms. The van der Waals surface area contributed by atoms with Crippen molar-refractivity contribution in [3.63, 3.8) is 0 Å². The van der Waals surface area contributed by atoms with E-state index in [-0.39, 0.29) is 5.91 Å². The van der Waals surface area contributed by atoms with Crippen molar-refractivity contribution < 1.29 is 4.79 Å². The van der Waals surface area contributed by atoms with Gasteiger partial charge in [-0.2, -0.15) is 0 Å². The topological polar surface area (TPSA) is 61.4 Å². The number of rotatable bonds is 6. The smallest absolute Gasteiger partial charge is 0.240 e. The summed E-state index contributed by atoms with van der Waals surface area (Å²) >= 11 is 0. The number of anilines is 3. The monoisotopic (exact) mass is 401 g/mol. The number of carbonyl (C=O) groups excluding carboxylic acids is 1. The zero-order valence-corrected chi connectivity index (χ0v) is 17.2. The molecule has 6 heteroatoms. The average Bonchev–Trinajstić information content (AvgIpc) is 2.80. The second kappa shape index (κ2) is 9.50. The fourth-order valence-corrected chi connectivity index (χ4v) is 3.80. The fourth-order valence-electron chi connectivity index (χ4n) is 3.80. The Balaban J connectivity index is 1.31. The lowest BCUT2D eigenvalue weighted by molar-refractivity contribution is -0.119. The summed E-state index contributed by atoms with van der Waals surface area (Å²) in [7, 11) is 1.84. The number of benzene rings is 1. The Hall–Kier alpha value is -3.25. The van der Waals surface area contributed by atoms with E-state index in [1.54, 1.807) is 11.1 Å². The van der Waals surface area contributed by atoms with E-state index < -0.39 is 0 Å². The van der Waals surface area contributed by atoms with Gasteiger partial charge in [0.25, 0.3) is 0 Å². The third-order valence-corrected chi connectivity index (χ3v) is 5.57. The molecule has 1 N–H and O–H groups in total. The molecule has 3 heterocycles. The number of piperidine rings is 1. The van der Waals surface area contributed by atoms with Gasteiger partial charge in [-0.25, -0.2) is 9.97 Å². The number of pyridine rings is 2. The molecule has 1 amide bonds. The average molecular weight is 402 g/mol. The molecule has 1 aromatic carbocycles. The van der Waals surface area contributed by atoms with Crippen molar-refractivity contribution in [2.75, 3.05) is 36.9 Å². The first-order chi connectivity index (χ1) is 14.7. The molecule has 4 rings (SSSR count). The van der Waals surface area contributed by atoms with E-state index in [9.17, 15) is 4.79 Å². The third kappa shape index (κ3) is 5.02. The summed E-state index contributed by atoms with van der Waals surface area (Å²) < 4.78 is 0. The number of nitrogens with one attached hydrogen (secondary N) is 1. The highest BCUT2D eigenvalue weighted by atomic mass is 16.2. The van der Waals surface area contributed by atoms with Crippen molar-refractivity contribution in [3.05, 3.63) is 78.6 Å². The first-order valence-corrected chi connectivity index (χ1v) is 10.4. The molecule has 1 aliphatic heterocycles. The van der Waals surface area contributed by atoms with Gasteiger partial charge in [-0.15, -0.1) is 0 Å². The molecule has 3 aromatic rings. The summed E-state index contributed by atoms with van der Waals surface area (Å²) in [6.45, 7) is 2.25. The van der Waals surface area contributed by atoms with E-state index in [4.69, 9.17) is 4.98 Å². The molecule has 154 valence electrons. The van der Waals surface area contributed by atoms with Gasteiger partial charge in [0.05, 0.1) is 6.54 Å². The lowest BCUT2D eigenvalue weighted by Gasteiger charge is -2.32. The van der Waals surface area contributed by atoms with Crippen molar-refractivity contribution >= 4 is 23.2 Å². The quantitative estimate of drug-likeness (QED) is 0.675. The van der Waals surface area contributed by atoms with Crippen LogP contribution in [0.1, 0.15) is 24.5 Å². The van der Waals surface area contributed by atoms with Crippen LogP contribution >= 0.6 is 0 Å². The zero-order chi connectivity index (χ0) is 20.8. The van der Waals surface area contributed by atoms with Gasteiger partial charge < -0.3 is 10.2 Å². The number of hydrogen-bond acceptors (Lipinski definition) is 5. The molecule has 0 spiro atoms. The van der Waals surface area contributed by atoms with E-state index >= 15 is 0 Å². The van der Waals surface area contributed by atoms with Crippen molar-refractivity contribution in [2.45, 2.75) is 18.8 Å². The Bertz CT molecular complexity index is 956. The molecule has 0 atom stereocenters. The molecule has 2 aromatic heterocycles. The second-order valence-electron chi connectivity index (χ2n) is 7.63. The fraction of sp³-hybridized carbons (Fsp3) is 0.292. The van der Waals surface area contributed by atoms with Gasteiger partial charge in [0, 0.05) is 30.5 Å². The molecule has 0 saturated carbocycles. The van der Waals surface area contributed by atoms with Gasteiger partial charge in [0.15, 0.2) is 0 Å². The van der Waals surface area contributed by atoms with Crippen LogP contribution in [0.3, 0.4) is 0 Å². The van der Waals surface area contributed by atoms with Crippen LogP contribution in [0, 0.1) is 0 Å². The van der Waals surface area contributed by atoms with Crippen molar-refractivity contribution in [2.24, 2.45) is 0 Å². The van der Waals surface area contributed by atoms with Crippen molar-refractivity contribution in [3.8, 4) is 0 Å². The van der Waals surface area contributed by atoms with Gasteiger partial charge in [-0.1, -0.05) is 30.3 Å². The molecule has 1 fully saturated rings. The standard InChI is InChI=1S/C24H27N5O/c1-28(20-8-3-2-4-9-20)24(30)18-29-16-13-19(14-17-29)21-10-7-12-23(26-21)27-22-11-5-6-15-25-22/h2-12,15,19H,13-14,16-18H2,1H3,(H,25,26,27). The highest BCUT2D eigenvalue weighted by Crippen LogP contribution is 2.28. The van der Waals surface area contributed by atoms with E-state index in [0.717, 1.165) is 48.9 Å². The molecule has 6 nitrogen and oxygen atoms in total. The lowest BCUT2D eigenvalue weighted by Crippen LogP contribution is -2.42. The van der Waals surface area contributed by atoms with Gasteiger partial charge in [0.2, 0.25) is 5.91 Å². The summed E-state index contributed by atoms with van der Waals surface area (Å²) in [6.07, 6.45) is 3.77. The van der Waals surface area contributed by atoms with Crippen molar-refractivity contribution in [1.29, 1.82) is 0 Å². The van der Waals surface area contributed by atoms with E-state index in [0.29, 0.717) is 12.5 Å². The molecule has 0 radical (unpaired) electrons. The number of hydrogen-bond donors (Lipinski definition) is 1. The number of carbonyl (C=O) groups is 1. The first kappa shape index (κ1) is 20.0. The predicted octanol–water partition coefficient (Wildman–Crippen LogP) is 4.06. The van der Waals surface area contributed by atoms with Crippen LogP contribution < -0.4 is 10.2 Å². The van der Waals surface area contributed by atoms with Crippen LogP contribution in [-0.4, -0.2) is 47.5 Å².